The van der Waals surface area contributed by atoms with Gasteiger partial charge < -0.3 is 10.6 Å². The number of hydrogen-bond donors (Lipinski definition) is 1. The molecule has 1 fully saturated rings. The van der Waals surface area contributed by atoms with E-state index in [1.807, 2.05) is 12.1 Å². The van der Waals surface area contributed by atoms with Crippen LogP contribution in [0, 0.1) is 11.3 Å². The molecular formula is C13H17N3. The van der Waals surface area contributed by atoms with Gasteiger partial charge in [-0.15, -0.1) is 0 Å². The molecule has 3 nitrogen and oxygen atoms in total. The number of hydrogen-bond acceptors (Lipinski definition) is 3. The number of para-hydroxylation sites is 1. The summed E-state index contributed by atoms with van der Waals surface area (Å²) in [6.45, 7) is 2.11. The van der Waals surface area contributed by atoms with Crippen molar-refractivity contribution in [2.24, 2.45) is 0 Å². The van der Waals surface area contributed by atoms with Crippen LogP contribution in [0.15, 0.2) is 18.2 Å². The van der Waals surface area contributed by atoms with Crippen LogP contribution in [0.3, 0.4) is 0 Å². The molecule has 1 aromatic rings. The average molecular weight is 215 g/mol. The van der Waals surface area contributed by atoms with Crippen molar-refractivity contribution < 1.29 is 0 Å². The highest BCUT2D eigenvalue weighted by Crippen LogP contribution is 2.28. The van der Waals surface area contributed by atoms with E-state index in [0.29, 0.717) is 11.3 Å². The maximum Gasteiger partial charge on any atom is 0.101 e. The second-order valence-electron chi connectivity index (χ2n) is 4.25. The van der Waals surface area contributed by atoms with E-state index in [0.717, 1.165) is 18.8 Å². The maximum atomic E-state index is 8.95. The average Bonchev–Trinajstić information content (AvgIpc) is 2.58. The molecule has 1 aliphatic rings. The number of rotatable bonds is 1. The Balaban J connectivity index is 2.28. The molecule has 0 radical (unpaired) electrons. The molecule has 0 atom stereocenters. The molecule has 84 valence electrons. The largest absolute Gasteiger partial charge is 0.396 e. The highest BCUT2D eigenvalue weighted by atomic mass is 15.1. The third-order valence-corrected chi connectivity index (χ3v) is 3.15. The molecule has 1 aromatic carbocycles. The molecule has 0 spiro atoms. The minimum atomic E-state index is 0.585. The first-order valence-electron chi connectivity index (χ1n) is 5.86. The summed E-state index contributed by atoms with van der Waals surface area (Å²) in [7, 11) is 0. The van der Waals surface area contributed by atoms with E-state index in [1.54, 1.807) is 6.07 Å². The summed E-state index contributed by atoms with van der Waals surface area (Å²) in [5.41, 5.74) is 8.26. The van der Waals surface area contributed by atoms with E-state index in [-0.39, 0.29) is 0 Å². The summed E-state index contributed by atoms with van der Waals surface area (Å²) < 4.78 is 0. The molecule has 0 amide bonds. The van der Waals surface area contributed by atoms with E-state index in [2.05, 4.69) is 11.0 Å². The Morgan fingerprint density at radius 3 is 2.44 bits per heavy atom. The number of nitriles is 1. The van der Waals surface area contributed by atoms with Crippen molar-refractivity contribution in [3.05, 3.63) is 23.8 Å². The van der Waals surface area contributed by atoms with Crippen molar-refractivity contribution in [1.82, 2.24) is 0 Å². The summed E-state index contributed by atoms with van der Waals surface area (Å²) >= 11 is 0. The van der Waals surface area contributed by atoms with Gasteiger partial charge in [-0.05, 0) is 25.0 Å². The monoisotopic (exact) mass is 215 g/mol. The number of nitrogens with zero attached hydrogens (tertiary/aromatic N) is 2. The lowest BCUT2D eigenvalue weighted by Crippen LogP contribution is -2.25. The van der Waals surface area contributed by atoms with Crippen LogP contribution in [0.4, 0.5) is 11.4 Å². The van der Waals surface area contributed by atoms with Crippen LogP contribution in [0.2, 0.25) is 0 Å². The first kappa shape index (κ1) is 10.8. The summed E-state index contributed by atoms with van der Waals surface area (Å²) in [5.74, 6) is 0. The van der Waals surface area contributed by atoms with Gasteiger partial charge in [0.1, 0.15) is 6.07 Å². The fraction of sp³-hybridized carbons (Fsp3) is 0.462. The molecule has 2 rings (SSSR count). The normalized spacial score (nSPS) is 16.6. The number of nitrogen functional groups attached to an aromatic ring is 1. The summed E-state index contributed by atoms with van der Waals surface area (Å²) in [6, 6.07) is 7.84. The molecule has 0 bridgehead atoms. The molecule has 0 saturated carbocycles. The van der Waals surface area contributed by atoms with Crippen LogP contribution in [0.5, 0.6) is 0 Å². The molecule has 2 N–H and O–H groups in total. The van der Waals surface area contributed by atoms with Crippen molar-refractivity contribution in [2.75, 3.05) is 23.7 Å². The molecule has 16 heavy (non-hydrogen) atoms. The first-order valence-corrected chi connectivity index (χ1v) is 5.86. The third-order valence-electron chi connectivity index (χ3n) is 3.15. The van der Waals surface area contributed by atoms with Crippen molar-refractivity contribution in [1.29, 1.82) is 5.26 Å². The van der Waals surface area contributed by atoms with Gasteiger partial charge in [0.2, 0.25) is 0 Å². The van der Waals surface area contributed by atoms with Crippen molar-refractivity contribution in [2.45, 2.75) is 25.7 Å². The molecule has 3 heteroatoms. The Bertz CT molecular complexity index is 398. The van der Waals surface area contributed by atoms with Crippen LogP contribution in [-0.2, 0) is 0 Å². The van der Waals surface area contributed by atoms with Gasteiger partial charge in [-0.1, -0.05) is 18.9 Å². The maximum absolute atomic E-state index is 8.95. The van der Waals surface area contributed by atoms with Gasteiger partial charge >= 0.3 is 0 Å². The number of benzene rings is 1. The van der Waals surface area contributed by atoms with Gasteiger partial charge in [0.05, 0.1) is 16.9 Å². The molecular weight excluding hydrogens is 198 g/mol. The van der Waals surface area contributed by atoms with E-state index in [4.69, 9.17) is 11.0 Å². The topological polar surface area (TPSA) is 53.0 Å². The number of anilines is 2. The van der Waals surface area contributed by atoms with Crippen LogP contribution < -0.4 is 10.6 Å². The quantitative estimate of drug-likeness (QED) is 0.732. The van der Waals surface area contributed by atoms with Crippen LogP contribution in [0.25, 0.3) is 0 Å². The summed E-state index contributed by atoms with van der Waals surface area (Å²) in [5, 5.41) is 8.95. The standard InChI is InChI=1S/C13H17N3/c14-10-11-6-5-7-12(13(11)15)16-8-3-1-2-4-9-16/h5-7H,1-4,8-9,15H2. The Labute approximate surface area is 96.5 Å². The Kier molecular flexibility index (Phi) is 3.31. The van der Waals surface area contributed by atoms with E-state index < -0.39 is 0 Å². The fourth-order valence-corrected chi connectivity index (χ4v) is 2.24. The highest BCUT2D eigenvalue weighted by Gasteiger charge is 2.13. The van der Waals surface area contributed by atoms with Gasteiger partial charge in [-0.2, -0.15) is 5.26 Å². The lowest BCUT2D eigenvalue weighted by molar-refractivity contribution is 0.726. The van der Waals surface area contributed by atoms with Crippen LogP contribution in [-0.4, -0.2) is 13.1 Å². The Morgan fingerprint density at radius 2 is 1.81 bits per heavy atom. The van der Waals surface area contributed by atoms with E-state index >= 15 is 0 Å². The van der Waals surface area contributed by atoms with Crippen LogP contribution >= 0.6 is 0 Å². The van der Waals surface area contributed by atoms with Gasteiger partial charge in [0.25, 0.3) is 0 Å². The third kappa shape index (κ3) is 2.11. The van der Waals surface area contributed by atoms with Gasteiger partial charge in [0.15, 0.2) is 0 Å². The zero-order chi connectivity index (χ0) is 11.4. The summed E-state index contributed by atoms with van der Waals surface area (Å²) in [4.78, 5) is 2.31. The van der Waals surface area contributed by atoms with E-state index in [1.165, 1.54) is 25.7 Å². The highest BCUT2D eigenvalue weighted by molar-refractivity contribution is 5.73. The van der Waals surface area contributed by atoms with Crippen LogP contribution in [0.1, 0.15) is 31.2 Å². The lowest BCUT2D eigenvalue weighted by Gasteiger charge is -2.24. The van der Waals surface area contributed by atoms with E-state index in [9.17, 15) is 0 Å². The number of nitrogens with two attached hydrogens (primary N) is 1. The molecule has 0 unspecified atom stereocenters. The fourth-order valence-electron chi connectivity index (χ4n) is 2.24. The molecule has 0 aliphatic carbocycles. The first-order chi connectivity index (χ1) is 7.83. The van der Waals surface area contributed by atoms with Gasteiger partial charge in [0, 0.05) is 13.1 Å². The van der Waals surface area contributed by atoms with Crippen molar-refractivity contribution >= 4 is 11.4 Å². The minimum Gasteiger partial charge on any atom is -0.396 e. The SMILES string of the molecule is N#Cc1cccc(N2CCCCCC2)c1N. The zero-order valence-corrected chi connectivity index (χ0v) is 9.45. The summed E-state index contributed by atoms with van der Waals surface area (Å²) in [6.07, 6.45) is 5.04. The minimum absolute atomic E-state index is 0.585. The molecule has 1 saturated heterocycles. The second-order valence-corrected chi connectivity index (χ2v) is 4.25. The Hall–Kier alpha value is -1.69. The lowest BCUT2D eigenvalue weighted by atomic mass is 10.1. The molecule has 1 aliphatic heterocycles. The molecule has 1 heterocycles. The van der Waals surface area contributed by atoms with Crippen molar-refractivity contribution in [3.63, 3.8) is 0 Å². The predicted molar refractivity (Wildman–Crippen MR) is 66.3 cm³/mol. The Morgan fingerprint density at radius 1 is 1.12 bits per heavy atom. The van der Waals surface area contributed by atoms with Gasteiger partial charge in [-0.25, -0.2) is 0 Å². The van der Waals surface area contributed by atoms with Gasteiger partial charge in [-0.3, -0.25) is 0 Å². The predicted octanol–water partition coefficient (Wildman–Crippen LogP) is 2.52. The smallest absolute Gasteiger partial charge is 0.101 e. The zero-order valence-electron chi connectivity index (χ0n) is 9.45. The molecule has 0 aromatic heterocycles. The van der Waals surface area contributed by atoms with Crippen molar-refractivity contribution in [3.8, 4) is 6.07 Å². The second kappa shape index (κ2) is 4.89.